The summed E-state index contributed by atoms with van der Waals surface area (Å²) in [6.07, 6.45) is 2.69. The van der Waals surface area contributed by atoms with Crippen LogP contribution in [0, 0.1) is 0 Å². The summed E-state index contributed by atoms with van der Waals surface area (Å²) in [6.45, 7) is 1.24. The number of anilines is 2. The van der Waals surface area contributed by atoms with Gasteiger partial charge in [0.1, 0.15) is 0 Å². The van der Waals surface area contributed by atoms with E-state index in [1.165, 1.54) is 5.56 Å². The van der Waals surface area contributed by atoms with E-state index < -0.39 is 0 Å². The summed E-state index contributed by atoms with van der Waals surface area (Å²) in [5.41, 5.74) is 3.56. The van der Waals surface area contributed by atoms with Crippen LogP contribution >= 0.6 is 0 Å². The van der Waals surface area contributed by atoms with Crippen molar-refractivity contribution in [3.05, 3.63) is 77.7 Å². The lowest BCUT2D eigenvalue weighted by molar-refractivity contribution is 0.0944. The topological polar surface area (TPSA) is 71.0 Å². The van der Waals surface area contributed by atoms with Crippen molar-refractivity contribution in [2.24, 2.45) is 0 Å². The zero-order chi connectivity index (χ0) is 17.1. The highest BCUT2D eigenvalue weighted by molar-refractivity contribution is 5.92. The molecule has 0 aliphatic carbocycles. The Morgan fingerprint density at radius 2 is 1.92 bits per heavy atom. The van der Waals surface area contributed by atoms with Crippen molar-refractivity contribution in [2.75, 3.05) is 11.4 Å². The second-order valence-electron chi connectivity index (χ2n) is 5.81. The molecular weight excluding hydrogens is 314 g/mol. The number of carbonyl (C=O) groups is 1. The third-order valence-electron chi connectivity index (χ3n) is 4.20. The van der Waals surface area contributed by atoms with Gasteiger partial charge in [-0.25, -0.2) is 0 Å². The molecule has 0 saturated heterocycles. The molecule has 0 fully saturated rings. The average Bonchev–Trinajstić information content (AvgIpc) is 3.11. The molecule has 3 heterocycles. The van der Waals surface area contributed by atoms with Gasteiger partial charge in [0.25, 0.3) is 5.91 Å². The first-order valence-corrected chi connectivity index (χ1v) is 8.18. The lowest BCUT2D eigenvalue weighted by Crippen LogP contribution is -2.25. The maximum Gasteiger partial charge on any atom is 0.272 e. The number of carbonyl (C=O) groups excluding carboxylic acids is 1. The fraction of sp³-hybridized carbons (Fsp3) is 0.158. The SMILES string of the molecule is O=C(NCc1ccccn1)c1ccc(N2CCc3ccccc32)nn1. The molecule has 0 bridgehead atoms. The lowest BCUT2D eigenvalue weighted by Gasteiger charge is -2.17. The first-order chi connectivity index (χ1) is 12.3. The van der Waals surface area contributed by atoms with E-state index in [0.717, 1.165) is 30.2 Å². The summed E-state index contributed by atoms with van der Waals surface area (Å²) < 4.78 is 0. The van der Waals surface area contributed by atoms with E-state index in [4.69, 9.17) is 0 Å². The average molecular weight is 331 g/mol. The Hall–Kier alpha value is -3.28. The van der Waals surface area contributed by atoms with Crippen molar-refractivity contribution < 1.29 is 4.79 Å². The summed E-state index contributed by atoms with van der Waals surface area (Å²) in [6, 6.07) is 17.4. The molecule has 124 valence electrons. The first kappa shape index (κ1) is 15.3. The third kappa shape index (κ3) is 3.19. The molecule has 0 spiro atoms. The number of nitrogens with zero attached hydrogens (tertiary/aromatic N) is 4. The highest BCUT2D eigenvalue weighted by atomic mass is 16.1. The first-order valence-electron chi connectivity index (χ1n) is 8.18. The molecule has 6 nitrogen and oxygen atoms in total. The molecule has 4 rings (SSSR count). The molecule has 0 atom stereocenters. The van der Waals surface area contributed by atoms with E-state index in [2.05, 4.69) is 37.5 Å². The Morgan fingerprint density at radius 1 is 1.04 bits per heavy atom. The normalized spacial score (nSPS) is 12.7. The van der Waals surface area contributed by atoms with Crippen LogP contribution in [-0.4, -0.2) is 27.6 Å². The van der Waals surface area contributed by atoms with Gasteiger partial charge < -0.3 is 10.2 Å². The number of rotatable bonds is 4. The predicted octanol–water partition coefficient (Wildman–Crippen LogP) is 2.50. The molecule has 1 amide bonds. The van der Waals surface area contributed by atoms with Crippen LogP contribution in [-0.2, 0) is 13.0 Å². The van der Waals surface area contributed by atoms with E-state index in [-0.39, 0.29) is 5.91 Å². The number of aromatic nitrogens is 3. The molecule has 1 aliphatic heterocycles. The number of hydrogen-bond acceptors (Lipinski definition) is 5. The Balaban J connectivity index is 1.45. The van der Waals surface area contributed by atoms with E-state index in [0.29, 0.717) is 12.2 Å². The van der Waals surface area contributed by atoms with Gasteiger partial charge in [0.2, 0.25) is 0 Å². The molecule has 0 unspecified atom stereocenters. The van der Waals surface area contributed by atoms with Crippen LogP contribution in [0.1, 0.15) is 21.7 Å². The highest BCUT2D eigenvalue weighted by Crippen LogP contribution is 2.32. The third-order valence-corrected chi connectivity index (χ3v) is 4.20. The van der Waals surface area contributed by atoms with Gasteiger partial charge in [-0.15, -0.1) is 10.2 Å². The van der Waals surface area contributed by atoms with Gasteiger partial charge in [0, 0.05) is 18.4 Å². The molecule has 3 aromatic rings. The van der Waals surface area contributed by atoms with Crippen molar-refractivity contribution >= 4 is 17.4 Å². The molecule has 25 heavy (non-hydrogen) atoms. The summed E-state index contributed by atoms with van der Waals surface area (Å²) in [5.74, 6) is 0.498. The van der Waals surface area contributed by atoms with E-state index >= 15 is 0 Å². The Bertz CT molecular complexity index is 880. The van der Waals surface area contributed by atoms with Gasteiger partial charge in [0.15, 0.2) is 11.5 Å². The summed E-state index contributed by atoms with van der Waals surface area (Å²) in [5, 5.41) is 11.1. The van der Waals surface area contributed by atoms with Gasteiger partial charge in [-0.2, -0.15) is 0 Å². The minimum Gasteiger partial charge on any atom is -0.345 e. The summed E-state index contributed by atoms with van der Waals surface area (Å²) >= 11 is 0. The number of hydrogen-bond donors (Lipinski definition) is 1. The largest absolute Gasteiger partial charge is 0.345 e. The van der Waals surface area contributed by atoms with E-state index in [1.54, 1.807) is 12.3 Å². The number of nitrogens with one attached hydrogen (secondary N) is 1. The van der Waals surface area contributed by atoms with Crippen molar-refractivity contribution in [1.82, 2.24) is 20.5 Å². The standard InChI is InChI=1S/C19H17N5O/c25-19(21-13-15-6-3-4-11-20-15)16-8-9-18(23-22-16)24-12-10-14-5-1-2-7-17(14)24/h1-9,11H,10,12-13H2,(H,21,25). The zero-order valence-electron chi connectivity index (χ0n) is 13.6. The fourth-order valence-corrected chi connectivity index (χ4v) is 2.93. The molecule has 1 aromatic carbocycles. The highest BCUT2D eigenvalue weighted by Gasteiger charge is 2.21. The molecule has 1 N–H and O–H groups in total. The van der Waals surface area contributed by atoms with Gasteiger partial charge in [-0.05, 0) is 42.3 Å². The number of para-hydroxylation sites is 1. The summed E-state index contributed by atoms with van der Waals surface area (Å²) in [7, 11) is 0. The van der Waals surface area contributed by atoms with Crippen LogP contribution in [0.3, 0.4) is 0 Å². The van der Waals surface area contributed by atoms with Crippen molar-refractivity contribution in [3.8, 4) is 0 Å². The Kier molecular flexibility index (Phi) is 4.08. The minimum atomic E-state index is -0.258. The monoisotopic (exact) mass is 331 g/mol. The van der Waals surface area contributed by atoms with Crippen LogP contribution < -0.4 is 10.2 Å². The molecule has 0 radical (unpaired) electrons. The number of fused-ring (bicyclic) bond motifs is 1. The molecular formula is C19H17N5O. The van der Waals surface area contributed by atoms with Crippen molar-refractivity contribution in [1.29, 1.82) is 0 Å². The zero-order valence-corrected chi connectivity index (χ0v) is 13.6. The molecule has 1 aliphatic rings. The quantitative estimate of drug-likeness (QED) is 0.795. The molecule has 0 saturated carbocycles. The Labute approximate surface area is 145 Å². The maximum atomic E-state index is 12.2. The fourth-order valence-electron chi connectivity index (χ4n) is 2.93. The summed E-state index contributed by atoms with van der Waals surface area (Å²) in [4.78, 5) is 18.5. The number of amides is 1. The maximum absolute atomic E-state index is 12.2. The van der Waals surface area contributed by atoms with E-state index in [1.807, 2.05) is 36.4 Å². The van der Waals surface area contributed by atoms with Gasteiger partial charge >= 0.3 is 0 Å². The lowest BCUT2D eigenvalue weighted by atomic mass is 10.2. The van der Waals surface area contributed by atoms with Crippen LogP contribution in [0.4, 0.5) is 11.5 Å². The van der Waals surface area contributed by atoms with Crippen molar-refractivity contribution in [2.45, 2.75) is 13.0 Å². The van der Waals surface area contributed by atoms with Crippen LogP contribution in [0.15, 0.2) is 60.8 Å². The van der Waals surface area contributed by atoms with Gasteiger partial charge in [-0.1, -0.05) is 24.3 Å². The number of benzene rings is 1. The van der Waals surface area contributed by atoms with Crippen LogP contribution in [0.5, 0.6) is 0 Å². The van der Waals surface area contributed by atoms with E-state index in [9.17, 15) is 4.79 Å². The molecule has 6 heteroatoms. The number of pyridine rings is 1. The van der Waals surface area contributed by atoms with Crippen LogP contribution in [0.2, 0.25) is 0 Å². The van der Waals surface area contributed by atoms with Gasteiger partial charge in [-0.3, -0.25) is 9.78 Å². The molecule has 2 aromatic heterocycles. The Morgan fingerprint density at radius 3 is 2.72 bits per heavy atom. The minimum absolute atomic E-state index is 0.258. The smallest absolute Gasteiger partial charge is 0.272 e. The van der Waals surface area contributed by atoms with Gasteiger partial charge in [0.05, 0.1) is 12.2 Å². The predicted molar refractivity (Wildman–Crippen MR) is 94.6 cm³/mol. The second kappa shape index (κ2) is 6.68. The van der Waals surface area contributed by atoms with Crippen molar-refractivity contribution in [3.63, 3.8) is 0 Å². The second-order valence-corrected chi connectivity index (χ2v) is 5.81. The van der Waals surface area contributed by atoms with Crippen LogP contribution in [0.25, 0.3) is 0 Å².